The summed E-state index contributed by atoms with van der Waals surface area (Å²) in [5, 5.41) is -0.0463. The van der Waals surface area contributed by atoms with E-state index in [9.17, 15) is 8.42 Å². The zero-order valence-electron chi connectivity index (χ0n) is 12.0. The van der Waals surface area contributed by atoms with Crippen LogP contribution in [0.15, 0.2) is 21.6 Å². The van der Waals surface area contributed by atoms with Gasteiger partial charge in [0, 0.05) is 6.54 Å². The van der Waals surface area contributed by atoms with Gasteiger partial charge in [0.25, 0.3) is 10.0 Å². The van der Waals surface area contributed by atoms with E-state index in [2.05, 4.69) is 11.6 Å². The standard InChI is InChI=1S/C14H24N2O3S/c1-11-3-2-4-12(9-11)7-8-16-20(17,18)14-6-5-13(10-15)19-14/h5-6,11-12,16H,2-4,7-10,15H2,1H3. The van der Waals surface area contributed by atoms with E-state index < -0.39 is 10.0 Å². The van der Waals surface area contributed by atoms with E-state index in [1.54, 1.807) is 6.07 Å². The molecule has 0 bridgehead atoms. The van der Waals surface area contributed by atoms with Gasteiger partial charge in [-0.3, -0.25) is 0 Å². The van der Waals surface area contributed by atoms with Crippen molar-refractivity contribution in [2.45, 2.75) is 50.7 Å². The second-order valence-corrected chi connectivity index (χ2v) is 7.45. The van der Waals surface area contributed by atoms with Gasteiger partial charge in [0.2, 0.25) is 5.09 Å². The van der Waals surface area contributed by atoms with Crippen LogP contribution in [0, 0.1) is 11.8 Å². The average Bonchev–Trinajstić information content (AvgIpc) is 2.88. The van der Waals surface area contributed by atoms with Crippen molar-refractivity contribution >= 4 is 10.0 Å². The quantitative estimate of drug-likeness (QED) is 0.843. The van der Waals surface area contributed by atoms with E-state index in [1.165, 1.54) is 31.7 Å². The SMILES string of the molecule is CC1CCCC(CCNS(=O)(=O)c2ccc(CN)o2)C1. The van der Waals surface area contributed by atoms with Crippen molar-refractivity contribution in [2.75, 3.05) is 6.54 Å². The van der Waals surface area contributed by atoms with E-state index in [1.807, 2.05) is 0 Å². The molecular weight excluding hydrogens is 276 g/mol. The van der Waals surface area contributed by atoms with Gasteiger partial charge in [0.1, 0.15) is 5.76 Å². The van der Waals surface area contributed by atoms with Gasteiger partial charge in [-0.15, -0.1) is 0 Å². The summed E-state index contributed by atoms with van der Waals surface area (Å²) < 4.78 is 31.8. The van der Waals surface area contributed by atoms with Gasteiger partial charge in [0.15, 0.2) is 0 Å². The van der Waals surface area contributed by atoms with Gasteiger partial charge in [-0.25, -0.2) is 13.1 Å². The van der Waals surface area contributed by atoms with Crippen molar-refractivity contribution < 1.29 is 12.8 Å². The molecule has 1 saturated carbocycles. The zero-order valence-corrected chi connectivity index (χ0v) is 12.8. The molecule has 3 N–H and O–H groups in total. The van der Waals surface area contributed by atoms with Gasteiger partial charge in [-0.1, -0.05) is 26.2 Å². The van der Waals surface area contributed by atoms with Gasteiger partial charge in [-0.2, -0.15) is 0 Å². The summed E-state index contributed by atoms with van der Waals surface area (Å²) in [6.07, 6.45) is 5.88. The van der Waals surface area contributed by atoms with Crippen LogP contribution in [0.3, 0.4) is 0 Å². The number of nitrogens with one attached hydrogen (secondary N) is 1. The maximum atomic E-state index is 12.0. The third kappa shape index (κ3) is 4.07. The normalized spacial score (nSPS) is 23.9. The molecule has 114 valence electrons. The number of hydrogen-bond acceptors (Lipinski definition) is 4. The molecule has 5 nitrogen and oxygen atoms in total. The largest absolute Gasteiger partial charge is 0.447 e. The van der Waals surface area contributed by atoms with Crippen LogP contribution in [-0.2, 0) is 16.6 Å². The third-order valence-electron chi connectivity index (χ3n) is 3.99. The first-order valence-electron chi connectivity index (χ1n) is 7.29. The molecule has 1 aliphatic rings. The molecule has 6 heteroatoms. The molecule has 1 heterocycles. The van der Waals surface area contributed by atoms with Crippen LogP contribution in [0.25, 0.3) is 0 Å². The van der Waals surface area contributed by atoms with E-state index in [0.29, 0.717) is 18.2 Å². The summed E-state index contributed by atoms with van der Waals surface area (Å²) in [7, 11) is -3.54. The number of hydrogen-bond donors (Lipinski definition) is 2. The molecule has 0 saturated heterocycles. The monoisotopic (exact) mass is 300 g/mol. The number of nitrogens with two attached hydrogens (primary N) is 1. The first-order valence-corrected chi connectivity index (χ1v) is 8.78. The van der Waals surface area contributed by atoms with E-state index in [-0.39, 0.29) is 11.6 Å². The molecular formula is C14H24N2O3S. The highest BCUT2D eigenvalue weighted by molar-refractivity contribution is 7.89. The Kier molecular flexibility index (Phi) is 5.23. The van der Waals surface area contributed by atoms with Crippen molar-refractivity contribution in [3.05, 3.63) is 17.9 Å². The van der Waals surface area contributed by atoms with E-state index in [0.717, 1.165) is 12.3 Å². The average molecular weight is 300 g/mol. The molecule has 0 amide bonds. The molecule has 1 fully saturated rings. The van der Waals surface area contributed by atoms with Crippen LogP contribution < -0.4 is 10.5 Å². The highest BCUT2D eigenvalue weighted by Gasteiger charge is 2.21. The maximum absolute atomic E-state index is 12.0. The predicted molar refractivity (Wildman–Crippen MR) is 77.5 cm³/mol. The van der Waals surface area contributed by atoms with Crippen LogP contribution in [0.1, 0.15) is 44.8 Å². The zero-order chi connectivity index (χ0) is 14.6. The summed E-state index contributed by atoms with van der Waals surface area (Å²) >= 11 is 0. The fourth-order valence-corrected chi connectivity index (χ4v) is 3.90. The van der Waals surface area contributed by atoms with Crippen molar-refractivity contribution in [1.82, 2.24) is 4.72 Å². The summed E-state index contributed by atoms with van der Waals surface area (Å²) in [4.78, 5) is 0. The highest BCUT2D eigenvalue weighted by Crippen LogP contribution is 2.30. The van der Waals surface area contributed by atoms with Crippen LogP contribution >= 0.6 is 0 Å². The first-order chi connectivity index (χ1) is 9.51. The van der Waals surface area contributed by atoms with Gasteiger partial charge in [0.05, 0.1) is 6.54 Å². The Labute approximate surface area is 121 Å². The third-order valence-corrected chi connectivity index (χ3v) is 5.33. The van der Waals surface area contributed by atoms with Crippen LogP contribution in [0.4, 0.5) is 0 Å². The summed E-state index contributed by atoms with van der Waals surface area (Å²) in [6.45, 7) is 2.95. The second-order valence-electron chi connectivity index (χ2n) is 5.75. The topological polar surface area (TPSA) is 85.3 Å². The lowest BCUT2D eigenvalue weighted by Gasteiger charge is -2.26. The van der Waals surface area contributed by atoms with Crippen LogP contribution in [0.5, 0.6) is 0 Å². The van der Waals surface area contributed by atoms with Crippen LogP contribution in [-0.4, -0.2) is 15.0 Å². The summed E-state index contributed by atoms with van der Waals surface area (Å²) in [5.41, 5.74) is 5.41. The Morgan fingerprint density at radius 1 is 1.40 bits per heavy atom. The Hall–Kier alpha value is -0.850. The smallest absolute Gasteiger partial charge is 0.273 e. The van der Waals surface area contributed by atoms with Gasteiger partial charge in [-0.05, 0) is 36.8 Å². The van der Waals surface area contributed by atoms with Crippen molar-refractivity contribution in [3.63, 3.8) is 0 Å². The summed E-state index contributed by atoms with van der Waals surface area (Å²) in [5.74, 6) is 1.88. The molecule has 2 atom stereocenters. The number of rotatable bonds is 6. The molecule has 1 aliphatic carbocycles. The Balaban J connectivity index is 1.83. The van der Waals surface area contributed by atoms with Crippen molar-refractivity contribution in [2.24, 2.45) is 17.6 Å². The Morgan fingerprint density at radius 3 is 2.85 bits per heavy atom. The predicted octanol–water partition coefficient (Wildman–Crippen LogP) is 2.23. The minimum absolute atomic E-state index is 0.0463. The lowest BCUT2D eigenvalue weighted by molar-refractivity contribution is 0.270. The molecule has 1 aromatic rings. The van der Waals surface area contributed by atoms with E-state index in [4.69, 9.17) is 10.2 Å². The fourth-order valence-electron chi connectivity index (χ4n) is 2.90. The Bertz CT molecular complexity index is 524. The maximum Gasteiger partial charge on any atom is 0.273 e. The molecule has 20 heavy (non-hydrogen) atoms. The summed E-state index contributed by atoms with van der Waals surface area (Å²) in [6, 6.07) is 3.05. The second kappa shape index (κ2) is 6.74. The fraction of sp³-hybridized carbons (Fsp3) is 0.714. The van der Waals surface area contributed by atoms with Crippen molar-refractivity contribution in [1.29, 1.82) is 0 Å². The van der Waals surface area contributed by atoms with Gasteiger partial charge >= 0.3 is 0 Å². The number of sulfonamides is 1. The first kappa shape index (κ1) is 15.5. The molecule has 0 aliphatic heterocycles. The van der Waals surface area contributed by atoms with Gasteiger partial charge < -0.3 is 10.2 Å². The molecule has 1 aromatic heterocycles. The molecule has 0 aromatic carbocycles. The minimum atomic E-state index is -3.54. The molecule has 2 rings (SSSR count). The lowest BCUT2D eigenvalue weighted by Crippen LogP contribution is -2.27. The highest BCUT2D eigenvalue weighted by atomic mass is 32.2. The van der Waals surface area contributed by atoms with E-state index >= 15 is 0 Å². The molecule has 2 unspecified atom stereocenters. The van der Waals surface area contributed by atoms with Crippen LogP contribution in [0.2, 0.25) is 0 Å². The number of furan rings is 1. The Morgan fingerprint density at radius 2 is 2.20 bits per heavy atom. The molecule has 0 spiro atoms. The minimum Gasteiger partial charge on any atom is -0.447 e. The molecule has 0 radical (unpaired) electrons. The lowest BCUT2D eigenvalue weighted by atomic mass is 9.81. The van der Waals surface area contributed by atoms with Crippen molar-refractivity contribution in [3.8, 4) is 0 Å².